The molecular weight excluding hydrogens is 328 g/mol. The Hall–Kier alpha value is -2.73. The Morgan fingerprint density at radius 1 is 1.12 bits per heavy atom. The summed E-state index contributed by atoms with van der Waals surface area (Å²) >= 11 is 0. The Bertz CT molecular complexity index is 909. The fraction of sp³-hybridized carbons (Fsp3) is 0.176. The first-order valence-electron chi connectivity index (χ1n) is 7.28. The van der Waals surface area contributed by atoms with Crippen LogP contribution in [0, 0.1) is 6.92 Å². The van der Waals surface area contributed by atoms with Crippen LogP contribution >= 0.6 is 12.4 Å². The van der Waals surface area contributed by atoms with Gasteiger partial charge in [-0.1, -0.05) is 24.3 Å². The van der Waals surface area contributed by atoms with E-state index >= 15 is 0 Å². The number of amides is 1. The summed E-state index contributed by atoms with van der Waals surface area (Å²) in [6.45, 7) is 2.03. The second kappa shape index (κ2) is 7.70. The molecule has 0 bridgehead atoms. The molecular formula is C17H17ClN4O2. The van der Waals surface area contributed by atoms with Gasteiger partial charge < -0.3 is 5.32 Å². The number of rotatable bonds is 4. The Kier molecular flexibility index (Phi) is 5.65. The van der Waals surface area contributed by atoms with E-state index in [0.717, 1.165) is 16.8 Å². The van der Waals surface area contributed by atoms with Gasteiger partial charge in [0.15, 0.2) is 0 Å². The summed E-state index contributed by atoms with van der Waals surface area (Å²) in [6, 6.07) is 12.7. The number of pyridine rings is 1. The Labute approximate surface area is 144 Å². The number of fused-ring (bicyclic) bond motifs is 1. The third-order valence-electron chi connectivity index (χ3n) is 3.54. The van der Waals surface area contributed by atoms with Gasteiger partial charge in [-0.05, 0) is 25.1 Å². The average molecular weight is 345 g/mol. The fourth-order valence-electron chi connectivity index (χ4n) is 2.40. The predicted octanol–water partition coefficient (Wildman–Crippen LogP) is 1.84. The minimum Gasteiger partial charge on any atom is -0.349 e. The van der Waals surface area contributed by atoms with Crippen molar-refractivity contribution in [2.45, 2.75) is 20.0 Å². The van der Waals surface area contributed by atoms with E-state index in [4.69, 9.17) is 0 Å². The van der Waals surface area contributed by atoms with Crippen LogP contribution in [0.1, 0.15) is 11.4 Å². The number of nitrogens with zero attached hydrogens (tertiary/aromatic N) is 3. The summed E-state index contributed by atoms with van der Waals surface area (Å²) in [4.78, 5) is 28.6. The first kappa shape index (κ1) is 17.6. The molecule has 1 aromatic carbocycles. The number of hydrogen-bond donors (Lipinski definition) is 1. The van der Waals surface area contributed by atoms with Crippen LogP contribution in [0.15, 0.2) is 53.5 Å². The largest absolute Gasteiger partial charge is 0.349 e. The quantitative estimate of drug-likeness (QED) is 0.783. The lowest BCUT2D eigenvalue weighted by Crippen LogP contribution is -2.34. The van der Waals surface area contributed by atoms with Gasteiger partial charge in [0.05, 0.1) is 23.3 Å². The molecule has 1 N–H and O–H groups in total. The molecule has 3 aromatic rings. The highest BCUT2D eigenvalue weighted by molar-refractivity contribution is 5.85. The third-order valence-corrected chi connectivity index (χ3v) is 3.54. The van der Waals surface area contributed by atoms with E-state index in [-0.39, 0.29) is 30.4 Å². The smallest absolute Gasteiger partial charge is 0.275 e. The van der Waals surface area contributed by atoms with E-state index in [9.17, 15) is 9.59 Å². The highest BCUT2D eigenvalue weighted by Gasteiger charge is 2.10. The zero-order chi connectivity index (χ0) is 16.2. The SMILES string of the molecule is Cc1nn(CC(=O)NCc2ccccn2)c(=O)c2ccccc12.Cl. The molecule has 7 heteroatoms. The maximum Gasteiger partial charge on any atom is 0.275 e. The summed E-state index contributed by atoms with van der Waals surface area (Å²) < 4.78 is 1.20. The fourth-order valence-corrected chi connectivity index (χ4v) is 2.40. The number of carbonyl (C=O) groups is 1. The van der Waals surface area contributed by atoms with E-state index in [1.165, 1.54) is 4.68 Å². The molecule has 124 valence electrons. The van der Waals surface area contributed by atoms with Crippen LogP contribution in [0.3, 0.4) is 0 Å². The van der Waals surface area contributed by atoms with Crippen LogP contribution in [0.5, 0.6) is 0 Å². The molecule has 0 spiro atoms. The molecule has 1 amide bonds. The van der Waals surface area contributed by atoms with Crippen LogP contribution in [-0.2, 0) is 17.9 Å². The van der Waals surface area contributed by atoms with E-state index in [1.807, 2.05) is 37.3 Å². The van der Waals surface area contributed by atoms with Gasteiger partial charge in [-0.25, -0.2) is 4.68 Å². The van der Waals surface area contributed by atoms with Crippen molar-refractivity contribution in [2.75, 3.05) is 0 Å². The zero-order valence-electron chi connectivity index (χ0n) is 13.1. The van der Waals surface area contributed by atoms with Gasteiger partial charge >= 0.3 is 0 Å². The number of aryl methyl sites for hydroxylation is 1. The lowest BCUT2D eigenvalue weighted by Gasteiger charge is -2.09. The van der Waals surface area contributed by atoms with Gasteiger partial charge in [-0.3, -0.25) is 14.6 Å². The Balaban J connectivity index is 0.00000208. The van der Waals surface area contributed by atoms with Gasteiger partial charge in [0.2, 0.25) is 5.91 Å². The first-order valence-corrected chi connectivity index (χ1v) is 7.28. The zero-order valence-corrected chi connectivity index (χ0v) is 13.9. The second-order valence-corrected chi connectivity index (χ2v) is 5.19. The summed E-state index contributed by atoms with van der Waals surface area (Å²) in [5.41, 5.74) is 1.22. The number of benzene rings is 1. The van der Waals surface area contributed by atoms with Gasteiger partial charge in [-0.2, -0.15) is 5.10 Å². The van der Waals surface area contributed by atoms with E-state index < -0.39 is 0 Å². The molecule has 0 unspecified atom stereocenters. The number of carbonyl (C=O) groups excluding carboxylic acids is 1. The molecule has 3 rings (SSSR count). The molecule has 0 aliphatic carbocycles. The van der Waals surface area contributed by atoms with Gasteiger partial charge in [-0.15, -0.1) is 12.4 Å². The van der Waals surface area contributed by atoms with Crippen molar-refractivity contribution in [1.29, 1.82) is 0 Å². The van der Waals surface area contributed by atoms with E-state index in [0.29, 0.717) is 11.9 Å². The highest BCUT2D eigenvalue weighted by Crippen LogP contribution is 2.11. The predicted molar refractivity (Wildman–Crippen MR) is 94.1 cm³/mol. The molecule has 0 saturated carbocycles. The molecule has 2 heterocycles. The summed E-state index contributed by atoms with van der Waals surface area (Å²) in [5.74, 6) is -0.278. The number of hydrogen-bond acceptors (Lipinski definition) is 4. The van der Waals surface area contributed by atoms with Gasteiger partial charge in [0, 0.05) is 11.6 Å². The molecule has 0 aliphatic rings. The molecule has 0 saturated heterocycles. The molecule has 24 heavy (non-hydrogen) atoms. The lowest BCUT2D eigenvalue weighted by atomic mass is 10.1. The van der Waals surface area contributed by atoms with Crippen molar-refractivity contribution >= 4 is 29.1 Å². The van der Waals surface area contributed by atoms with Crippen LogP contribution in [-0.4, -0.2) is 20.7 Å². The number of aromatic nitrogens is 3. The topological polar surface area (TPSA) is 76.9 Å². The normalized spacial score (nSPS) is 10.2. The highest BCUT2D eigenvalue weighted by atomic mass is 35.5. The molecule has 0 radical (unpaired) electrons. The maximum absolute atomic E-state index is 12.4. The van der Waals surface area contributed by atoms with Crippen LogP contribution in [0.2, 0.25) is 0 Å². The minimum absolute atomic E-state index is 0. The van der Waals surface area contributed by atoms with E-state index in [2.05, 4.69) is 15.4 Å². The second-order valence-electron chi connectivity index (χ2n) is 5.19. The minimum atomic E-state index is -0.278. The third kappa shape index (κ3) is 3.78. The standard InChI is InChI=1S/C17H16N4O2.ClH/c1-12-14-7-2-3-8-15(14)17(23)21(20-12)11-16(22)19-10-13-6-4-5-9-18-13;/h2-9H,10-11H2,1H3,(H,19,22);1H. The van der Waals surface area contributed by atoms with Crippen molar-refractivity contribution in [3.63, 3.8) is 0 Å². The van der Waals surface area contributed by atoms with Crippen molar-refractivity contribution in [1.82, 2.24) is 20.1 Å². The first-order chi connectivity index (χ1) is 11.1. The molecule has 6 nitrogen and oxygen atoms in total. The summed E-state index contributed by atoms with van der Waals surface area (Å²) in [5, 5.41) is 8.34. The maximum atomic E-state index is 12.4. The molecule has 0 fully saturated rings. The van der Waals surface area contributed by atoms with Crippen molar-refractivity contribution in [2.24, 2.45) is 0 Å². The molecule has 0 aliphatic heterocycles. The Morgan fingerprint density at radius 3 is 2.54 bits per heavy atom. The summed E-state index contributed by atoms with van der Waals surface area (Å²) in [6.07, 6.45) is 1.67. The lowest BCUT2D eigenvalue weighted by molar-refractivity contribution is -0.122. The molecule has 2 aromatic heterocycles. The monoisotopic (exact) mass is 344 g/mol. The van der Waals surface area contributed by atoms with Gasteiger partial charge in [0.1, 0.15) is 6.54 Å². The van der Waals surface area contributed by atoms with E-state index in [1.54, 1.807) is 18.3 Å². The summed E-state index contributed by atoms with van der Waals surface area (Å²) in [7, 11) is 0. The van der Waals surface area contributed by atoms with Gasteiger partial charge in [0.25, 0.3) is 5.56 Å². The van der Waals surface area contributed by atoms with Crippen LogP contribution in [0.25, 0.3) is 10.8 Å². The van der Waals surface area contributed by atoms with Crippen molar-refractivity contribution in [3.8, 4) is 0 Å². The van der Waals surface area contributed by atoms with Crippen molar-refractivity contribution < 1.29 is 4.79 Å². The van der Waals surface area contributed by atoms with Crippen LogP contribution in [0.4, 0.5) is 0 Å². The number of nitrogens with one attached hydrogen (secondary N) is 1. The number of halogens is 1. The van der Waals surface area contributed by atoms with Crippen molar-refractivity contribution in [3.05, 3.63) is 70.4 Å². The average Bonchev–Trinajstić information content (AvgIpc) is 2.59. The van der Waals surface area contributed by atoms with Crippen LogP contribution < -0.4 is 10.9 Å². The molecule has 0 atom stereocenters. The Morgan fingerprint density at radius 2 is 1.83 bits per heavy atom.